The van der Waals surface area contributed by atoms with Crippen molar-refractivity contribution in [3.05, 3.63) is 16.4 Å². The van der Waals surface area contributed by atoms with Gasteiger partial charge >= 0.3 is 0 Å². The Kier molecular flexibility index (Phi) is 3.76. The lowest BCUT2D eigenvalue weighted by Crippen LogP contribution is -2.45. The average Bonchev–Trinajstić information content (AvgIpc) is 2.52. The van der Waals surface area contributed by atoms with Gasteiger partial charge in [-0.05, 0) is 33.2 Å². The minimum absolute atomic E-state index is 0.0795. The average molecular weight is 258 g/mol. The molecule has 1 aromatic rings. The molecule has 1 fully saturated rings. The second kappa shape index (κ2) is 4.96. The fraction of sp³-hybridized carbons (Fsp3) is 0.750. The van der Waals surface area contributed by atoms with Gasteiger partial charge in [0, 0.05) is 19.2 Å². The van der Waals surface area contributed by atoms with Crippen LogP contribution >= 0.6 is 11.6 Å². The van der Waals surface area contributed by atoms with Crippen molar-refractivity contribution in [3.8, 4) is 0 Å². The van der Waals surface area contributed by atoms with Crippen molar-refractivity contribution < 1.29 is 4.74 Å². The van der Waals surface area contributed by atoms with Crippen molar-refractivity contribution in [2.45, 2.75) is 38.9 Å². The molecule has 1 aliphatic heterocycles. The van der Waals surface area contributed by atoms with Gasteiger partial charge in [-0.2, -0.15) is 5.10 Å². The molecular weight excluding hydrogens is 238 g/mol. The highest BCUT2D eigenvalue weighted by Crippen LogP contribution is 2.25. The van der Waals surface area contributed by atoms with Crippen molar-refractivity contribution in [2.75, 3.05) is 13.1 Å². The summed E-state index contributed by atoms with van der Waals surface area (Å²) in [5.41, 5.74) is 1.87. The van der Waals surface area contributed by atoms with Gasteiger partial charge in [-0.3, -0.25) is 4.68 Å². The van der Waals surface area contributed by atoms with Gasteiger partial charge in [-0.15, -0.1) is 0 Å². The van der Waals surface area contributed by atoms with Crippen LogP contribution in [-0.2, 0) is 18.4 Å². The SMILES string of the molecule is Cc1nn(C)c(Cl)c1COC1(C)CCCNC1. The number of aryl methyl sites for hydroxylation is 2. The van der Waals surface area contributed by atoms with Crippen LogP contribution < -0.4 is 5.32 Å². The van der Waals surface area contributed by atoms with E-state index in [1.807, 2.05) is 14.0 Å². The molecule has 2 heterocycles. The Morgan fingerprint density at radius 3 is 2.88 bits per heavy atom. The van der Waals surface area contributed by atoms with Gasteiger partial charge in [0.2, 0.25) is 0 Å². The maximum atomic E-state index is 6.18. The van der Waals surface area contributed by atoms with Gasteiger partial charge in [0.25, 0.3) is 0 Å². The topological polar surface area (TPSA) is 39.1 Å². The lowest BCUT2D eigenvalue weighted by molar-refractivity contribution is -0.0572. The van der Waals surface area contributed by atoms with Crippen LogP contribution in [0.4, 0.5) is 0 Å². The number of hydrogen-bond acceptors (Lipinski definition) is 3. The first-order valence-corrected chi connectivity index (χ1v) is 6.42. The maximum Gasteiger partial charge on any atom is 0.132 e. The van der Waals surface area contributed by atoms with E-state index in [1.54, 1.807) is 4.68 Å². The van der Waals surface area contributed by atoms with E-state index in [0.29, 0.717) is 11.8 Å². The zero-order chi connectivity index (χ0) is 12.5. The van der Waals surface area contributed by atoms with Crippen LogP contribution in [0.1, 0.15) is 31.0 Å². The molecule has 1 aromatic heterocycles. The first kappa shape index (κ1) is 12.9. The maximum absolute atomic E-state index is 6.18. The molecule has 1 saturated heterocycles. The van der Waals surface area contributed by atoms with Gasteiger partial charge in [0.15, 0.2) is 0 Å². The number of ether oxygens (including phenoxy) is 1. The lowest BCUT2D eigenvalue weighted by atomic mass is 9.96. The number of nitrogens with zero attached hydrogens (tertiary/aromatic N) is 2. The summed E-state index contributed by atoms with van der Waals surface area (Å²) in [5.74, 6) is 0. The Balaban J connectivity index is 2.01. The van der Waals surface area contributed by atoms with Gasteiger partial charge in [-0.25, -0.2) is 0 Å². The van der Waals surface area contributed by atoms with Crippen LogP contribution in [0.15, 0.2) is 0 Å². The monoisotopic (exact) mass is 257 g/mol. The molecule has 0 spiro atoms. The second-order valence-electron chi connectivity index (χ2n) is 5.00. The molecule has 2 rings (SSSR count). The van der Waals surface area contributed by atoms with E-state index in [-0.39, 0.29) is 5.60 Å². The summed E-state index contributed by atoms with van der Waals surface area (Å²) < 4.78 is 7.72. The van der Waals surface area contributed by atoms with E-state index in [2.05, 4.69) is 17.3 Å². The molecule has 1 atom stereocenters. The first-order valence-electron chi connectivity index (χ1n) is 6.04. The summed E-state index contributed by atoms with van der Waals surface area (Å²) in [6.07, 6.45) is 2.26. The van der Waals surface area contributed by atoms with Crippen molar-refractivity contribution in [1.82, 2.24) is 15.1 Å². The van der Waals surface area contributed by atoms with Gasteiger partial charge in [0.05, 0.1) is 17.9 Å². The molecule has 0 aromatic carbocycles. The largest absolute Gasteiger partial charge is 0.369 e. The van der Waals surface area contributed by atoms with Crippen LogP contribution in [0.2, 0.25) is 5.15 Å². The van der Waals surface area contributed by atoms with Crippen LogP contribution in [-0.4, -0.2) is 28.5 Å². The summed E-state index contributed by atoms with van der Waals surface area (Å²) in [4.78, 5) is 0. The summed E-state index contributed by atoms with van der Waals surface area (Å²) in [5, 5.41) is 8.33. The molecule has 1 unspecified atom stereocenters. The van der Waals surface area contributed by atoms with Crippen LogP contribution in [0.5, 0.6) is 0 Å². The Labute approximate surface area is 107 Å². The molecule has 1 aliphatic rings. The first-order chi connectivity index (χ1) is 8.02. The fourth-order valence-electron chi connectivity index (χ4n) is 2.24. The molecular formula is C12H20ClN3O. The fourth-order valence-corrected chi connectivity index (χ4v) is 2.47. The van der Waals surface area contributed by atoms with E-state index < -0.39 is 0 Å². The summed E-state index contributed by atoms with van der Waals surface area (Å²) in [6, 6.07) is 0. The van der Waals surface area contributed by atoms with Crippen molar-refractivity contribution in [3.63, 3.8) is 0 Å². The highest BCUT2D eigenvalue weighted by molar-refractivity contribution is 6.30. The molecule has 0 radical (unpaired) electrons. The van der Waals surface area contributed by atoms with Crippen molar-refractivity contribution in [1.29, 1.82) is 0 Å². The number of rotatable bonds is 3. The van der Waals surface area contributed by atoms with E-state index in [1.165, 1.54) is 0 Å². The summed E-state index contributed by atoms with van der Waals surface area (Å²) >= 11 is 6.18. The third-order valence-electron chi connectivity index (χ3n) is 3.39. The quantitative estimate of drug-likeness (QED) is 0.901. The second-order valence-corrected chi connectivity index (χ2v) is 5.36. The lowest BCUT2D eigenvalue weighted by Gasteiger charge is -2.34. The highest BCUT2D eigenvalue weighted by atomic mass is 35.5. The highest BCUT2D eigenvalue weighted by Gasteiger charge is 2.28. The molecule has 1 N–H and O–H groups in total. The molecule has 0 amide bonds. The minimum Gasteiger partial charge on any atom is -0.369 e. The Hall–Kier alpha value is -0.580. The van der Waals surface area contributed by atoms with Crippen LogP contribution in [0.3, 0.4) is 0 Å². The predicted molar refractivity (Wildman–Crippen MR) is 68.3 cm³/mol. The standard InChI is InChI=1S/C12H20ClN3O/c1-9-10(11(13)16(3)15-9)7-17-12(2)5-4-6-14-8-12/h14H,4-8H2,1-3H3. The van der Waals surface area contributed by atoms with E-state index in [4.69, 9.17) is 16.3 Å². The minimum atomic E-state index is -0.0795. The number of hydrogen-bond donors (Lipinski definition) is 1. The molecule has 96 valence electrons. The van der Waals surface area contributed by atoms with Crippen molar-refractivity contribution in [2.24, 2.45) is 7.05 Å². The van der Waals surface area contributed by atoms with E-state index in [9.17, 15) is 0 Å². The Bertz CT molecular complexity index is 397. The number of aromatic nitrogens is 2. The molecule has 0 saturated carbocycles. The molecule has 5 heteroatoms. The van der Waals surface area contributed by atoms with Crippen LogP contribution in [0.25, 0.3) is 0 Å². The third-order valence-corrected chi connectivity index (χ3v) is 3.87. The molecule has 4 nitrogen and oxygen atoms in total. The predicted octanol–water partition coefficient (Wildman–Crippen LogP) is 2.04. The molecule has 17 heavy (non-hydrogen) atoms. The van der Waals surface area contributed by atoms with Crippen LogP contribution in [0, 0.1) is 6.92 Å². The van der Waals surface area contributed by atoms with Crippen molar-refractivity contribution >= 4 is 11.6 Å². The Morgan fingerprint density at radius 1 is 1.59 bits per heavy atom. The number of halogens is 1. The molecule has 0 bridgehead atoms. The third kappa shape index (κ3) is 2.81. The van der Waals surface area contributed by atoms with Gasteiger partial charge < -0.3 is 10.1 Å². The number of nitrogens with one attached hydrogen (secondary N) is 1. The van der Waals surface area contributed by atoms with Gasteiger partial charge in [0.1, 0.15) is 5.15 Å². The Morgan fingerprint density at radius 2 is 2.35 bits per heavy atom. The number of piperidine rings is 1. The van der Waals surface area contributed by atoms with Gasteiger partial charge in [-0.1, -0.05) is 11.6 Å². The van der Waals surface area contributed by atoms with E-state index >= 15 is 0 Å². The smallest absolute Gasteiger partial charge is 0.132 e. The molecule has 0 aliphatic carbocycles. The summed E-state index contributed by atoms with van der Waals surface area (Å²) in [7, 11) is 1.85. The van der Waals surface area contributed by atoms with E-state index in [0.717, 1.165) is 37.2 Å². The summed E-state index contributed by atoms with van der Waals surface area (Å²) in [6.45, 7) is 6.65. The zero-order valence-corrected chi connectivity index (χ0v) is 11.5. The zero-order valence-electron chi connectivity index (χ0n) is 10.7. The normalized spacial score (nSPS) is 25.2.